The van der Waals surface area contributed by atoms with Gasteiger partial charge in [-0.25, -0.2) is 15.2 Å². The number of halogens is 1. The zero-order valence-corrected chi connectivity index (χ0v) is 17.9. The number of hydrogen-bond acceptors (Lipinski definition) is 5. The number of phenols is 1. The van der Waals surface area contributed by atoms with Crippen molar-refractivity contribution in [2.75, 3.05) is 0 Å². The van der Waals surface area contributed by atoms with Crippen LogP contribution in [0.1, 0.15) is 39.9 Å². The number of hydrazine groups is 1. The lowest BCUT2D eigenvalue weighted by Gasteiger charge is -2.31. The molecule has 0 spiro atoms. The number of carbonyl (C=O) groups is 1. The van der Waals surface area contributed by atoms with E-state index in [-0.39, 0.29) is 35.5 Å². The van der Waals surface area contributed by atoms with Gasteiger partial charge in [-0.15, -0.1) is 0 Å². The van der Waals surface area contributed by atoms with E-state index in [2.05, 4.69) is 15.8 Å². The summed E-state index contributed by atoms with van der Waals surface area (Å²) in [6.07, 6.45) is 3.45. The van der Waals surface area contributed by atoms with Crippen LogP contribution < -0.4 is 10.9 Å². The normalized spacial score (nSPS) is 24.7. The molecule has 164 valence electrons. The van der Waals surface area contributed by atoms with E-state index in [1.165, 1.54) is 12.1 Å². The Morgan fingerprint density at radius 2 is 1.84 bits per heavy atom. The van der Waals surface area contributed by atoms with E-state index in [4.69, 9.17) is 0 Å². The Morgan fingerprint density at radius 1 is 1.09 bits per heavy atom. The number of pyridine rings is 1. The SMILES string of the molecule is Cc1cc(C)c(O)c(C2NNC3C(=O)N(Cc4cccnc4)C(c4ccc(F)cc4)C32)c1. The number of nitrogens with one attached hydrogen (secondary N) is 2. The molecule has 5 rings (SSSR count). The summed E-state index contributed by atoms with van der Waals surface area (Å²) in [4.78, 5) is 19.5. The standard InChI is InChI=1S/C25H25FN4O2/c1-14-10-15(2)24(31)19(11-14)21-20-22(29-28-21)25(32)30(13-16-4-3-9-27-12-16)23(20)17-5-7-18(26)8-6-17/h3-12,20-23,28-29,31H,13H2,1-2H3. The number of hydrogen-bond donors (Lipinski definition) is 3. The second-order valence-corrected chi connectivity index (χ2v) is 8.66. The maximum atomic E-state index is 13.7. The van der Waals surface area contributed by atoms with Crippen molar-refractivity contribution in [2.24, 2.45) is 5.92 Å². The first-order valence-corrected chi connectivity index (χ1v) is 10.7. The molecular formula is C25H25FN4O2. The molecule has 2 aliphatic rings. The maximum absolute atomic E-state index is 13.7. The van der Waals surface area contributed by atoms with Gasteiger partial charge in [-0.2, -0.15) is 0 Å². The quantitative estimate of drug-likeness (QED) is 0.589. The van der Waals surface area contributed by atoms with Crippen LogP contribution in [0.25, 0.3) is 0 Å². The Bertz CT molecular complexity index is 1150. The highest BCUT2D eigenvalue weighted by molar-refractivity contribution is 5.86. The molecule has 32 heavy (non-hydrogen) atoms. The number of benzene rings is 2. The molecule has 2 aliphatic heterocycles. The number of aromatic nitrogens is 1. The van der Waals surface area contributed by atoms with Gasteiger partial charge in [0.05, 0.1) is 12.1 Å². The van der Waals surface area contributed by atoms with Gasteiger partial charge >= 0.3 is 0 Å². The summed E-state index contributed by atoms with van der Waals surface area (Å²) in [6, 6.07) is 12.9. The Hall–Kier alpha value is -3.29. The van der Waals surface area contributed by atoms with E-state index < -0.39 is 6.04 Å². The van der Waals surface area contributed by atoms with E-state index >= 15 is 0 Å². The van der Waals surface area contributed by atoms with Crippen LogP contribution in [0.15, 0.2) is 60.9 Å². The van der Waals surface area contributed by atoms with Gasteiger partial charge in [-0.05, 0) is 48.7 Å². The maximum Gasteiger partial charge on any atom is 0.242 e. The Balaban J connectivity index is 1.60. The van der Waals surface area contributed by atoms with Gasteiger partial charge in [0.25, 0.3) is 0 Å². The predicted octanol–water partition coefficient (Wildman–Crippen LogP) is 3.46. The first-order chi connectivity index (χ1) is 15.4. The molecule has 4 unspecified atom stereocenters. The van der Waals surface area contributed by atoms with E-state index in [0.29, 0.717) is 6.54 Å². The van der Waals surface area contributed by atoms with Crippen molar-refractivity contribution in [3.8, 4) is 5.75 Å². The molecule has 6 nitrogen and oxygen atoms in total. The van der Waals surface area contributed by atoms with Gasteiger partial charge in [-0.3, -0.25) is 9.78 Å². The molecule has 1 amide bonds. The van der Waals surface area contributed by atoms with E-state index in [0.717, 1.165) is 27.8 Å². The molecule has 0 radical (unpaired) electrons. The fourth-order valence-corrected chi connectivity index (χ4v) is 5.12. The van der Waals surface area contributed by atoms with E-state index in [1.807, 2.05) is 43.0 Å². The van der Waals surface area contributed by atoms with Gasteiger partial charge in [-0.1, -0.05) is 35.9 Å². The molecule has 2 aromatic carbocycles. The average Bonchev–Trinajstić information content (AvgIpc) is 3.32. The van der Waals surface area contributed by atoms with Gasteiger partial charge in [0.1, 0.15) is 17.6 Å². The molecule has 0 aliphatic carbocycles. The summed E-state index contributed by atoms with van der Waals surface area (Å²) in [5.41, 5.74) is 10.8. The van der Waals surface area contributed by atoms with E-state index in [1.54, 1.807) is 24.5 Å². The van der Waals surface area contributed by atoms with Crippen LogP contribution in [-0.4, -0.2) is 26.9 Å². The monoisotopic (exact) mass is 432 g/mol. The first-order valence-electron chi connectivity index (χ1n) is 10.7. The van der Waals surface area contributed by atoms with Crippen molar-refractivity contribution in [1.29, 1.82) is 0 Å². The minimum Gasteiger partial charge on any atom is -0.507 e. The molecule has 0 saturated carbocycles. The number of nitrogens with zero attached hydrogens (tertiary/aromatic N) is 2. The Labute approximate surface area is 186 Å². The number of likely N-dealkylation sites (tertiary alicyclic amines) is 1. The van der Waals surface area contributed by atoms with Crippen LogP contribution in [0.4, 0.5) is 4.39 Å². The van der Waals surface area contributed by atoms with Gasteiger partial charge in [0.15, 0.2) is 0 Å². The smallest absolute Gasteiger partial charge is 0.242 e. The summed E-state index contributed by atoms with van der Waals surface area (Å²) >= 11 is 0. The first kappa shape index (κ1) is 20.6. The lowest BCUT2D eigenvalue weighted by atomic mass is 9.82. The van der Waals surface area contributed by atoms with Gasteiger partial charge < -0.3 is 10.0 Å². The van der Waals surface area contributed by atoms with Crippen molar-refractivity contribution >= 4 is 5.91 Å². The van der Waals surface area contributed by atoms with Gasteiger partial charge in [0.2, 0.25) is 5.91 Å². The van der Waals surface area contributed by atoms with Crippen molar-refractivity contribution in [1.82, 2.24) is 20.7 Å². The molecule has 3 heterocycles. The topological polar surface area (TPSA) is 77.5 Å². The fourth-order valence-electron chi connectivity index (χ4n) is 5.12. The summed E-state index contributed by atoms with van der Waals surface area (Å²) in [5, 5.41) is 10.8. The van der Waals surface area contributed by atoms with Crippen LogP contribution in [0.3, 0.4) is 0 Å². The third kappa shape index (κ3) is 3.43. The largest absolute Gasteiger partial charge is 0.507 e. The number of carbonyl (C=O) groups excluding carboxylic acids is 1. The predicted molar refractivity (Wildman–Crippen MR) is 118 cm³/mol. The minimum absolute atomic E-state index is 0.0351. The highest BCUT2D eigenvalue weighted by Gasteiger charge is 2.55. The molecule has 4 atom stereocenters. The van der Waals surface area contributed by atoms with Crippen LogP contribution >= 0.6 is 0 Å². The fraction of sp³-hybridized carbons (Fsp3) is 0.280. The number of aryl methyl sites for hydroxylation is 2. The lowest BCUT2D eigenvalue weighted by Crippen LogP contribution is -2.41. The zero-order valence-electron chi connectivity index (χ0n) is 17.9. The Kier molecular flexibility index (Phi) is 5.15. The number of amides is 1. The number of phenolic OH excluding ortho intramolecular Hbond substituents is 1. The van der Waals surface area contributed by atoms with Crippen molar-refractivity contribution in [3.63, 3.8) is 0 Å². The second kappa shape index (κ2) is 8.00. The molecule has 2 fully saturated rings. The summed E-state index contributed by atoms with van der Waals surface area (Å²) in [6.45, 7) is 4.26. The van der Waals surface area contributed by atoms with Crippen molar-refractivity contribution in [2.45, 2.75) is 38.5 Å². The van der Waals surface area contributed by atoms with Crippen molar-refractivity contribution in [3.05, 3.63) is 94.6 Å². The number of rotatable bonds is 4. The molecule has 2 saturated heterocycles. The highest BCUT2D eigenvalue weighted by Crippen LogP contribution is 2.49. The number of aromatic hydroxyl groups is 1. The summed E-state index contributed by atoms with van der Waals surface area (Å²) in [5.74, 6) is -0.324. The highest BCUT2D eigenvalue weighted by atomic mass is 19.1. The van der Waals surface area contributed by atoms with Gasteiger partial charge in [0, 0.05) is 30.4 Å². The number of fused-ring (bicyclic) bond motifs is 1. The van der Waals surface area contributed by atoms with Crippen LogP contribution in [0.2, 0.25) is 0 Å². The molecule has 0 bridgehead atoms. The zero-order chi connectivity index (χ0) is 22.4. The lowest BCUT2D eigenvalue weighted by molar-refractivity contribution is -0.131. The Morgan fingerprint density at radius 3 is 2.56 bits per heavy atom. The third-order valence-electron chi connectivity index (χ3n) is 6.51. The van der Waals surface area contributed by atoms with Crippen LogP contribution in [-0.2, 0) is 11.3 Å². The molecular weight excluding hydrogens is 407 g/mol. The van der Waals surface area contributed by atoms with Crippen molar-refractivity contribution < 1.29 is 14.3 Å². The minimum atomic E-state index is -0.466. The molecule has 7 heteroatoms. The van der Waals surface area contributed by atoms with E-state index in [9.17, 15) is 14.3 Å². The summed E-state index contributed by atoms with van der Waals surface area (Å²) < 4.78 is 13.7. The summed E-state index contributed by atoms with van der Waals surface area (Å²) in [7, 11) is 0. The van der Waals surface area contributed by atoms with Crippen LogP contribution in [0.5, 0.6) is 5.75 Å². The third-order valence-corrected chi connectivity index (χ3v) is 6.51. The van der Waals surface area contributed by atoms with Crippen LogP contribution in [0, 0.1) is 25.6 Å². The average molecular weight is 432 g/mol. The molecule has 3 aromatic rings. The molecule has 1 aromatic heterocycles. The molecule has 3 N–H and O–H groups in total. The second-order valence-electron chi connectivity index (χ2n) is 8.66.